The number of hydrogen-bond donors (Lipinski definition) is 1. The van der Waals surface area contributed by atoms with Crippen LogP contribution in [-0.2, 0) is 28.6 Å². The van der Waals surface area contributed by atoms with Crippen molar-refractivity contribution in [3.05, 3.63) is 11.6 Å². The molecule has 9 atom stereocenters. The molecule has 0 heterocycles. The van der Waals surface area contributed by atoms with Crippen LogP contribution in [0.2, 0.25) is 0 Å². The van der Waals surface area contributed by atoms with E-state index < -0.39 is 35.0 Å². The molecule has 190 valence electrons. The highest BCUT2D eigenvalue weighted by Gasteiger charge is 2.71. The Morgan fingerprint density at radius 3 is 2.35 bits per heavy atom. The lowest BCUT2D eigenvalue weighted by Gasteiger charge is -2.59. The molecule has 1 N–H and O–H groups in total. The van der Waals surface area contributed by atoms with Gasteiger partial charge in [0.2, 0.25) is 0 Å². The highest BCUT2D eigenvalue weighted by atomic mass is 16.6. The van der Waals surface area contributed by atoms with E-state index in [2.05, 4.69) is 19.9 Å². The van der Waals surface area contributed by atoms with Crippen molar-refractivity contribution in [3.8, 4) is 0 Å². The largest absolute Gasteiger partial charge is 0.469 e. The van der Waals surface area contributed by atoms with Crippen molar-refractivity contribution < 1.29 is 33.7 Å². The molecule has 0 amide bonds. The van der Waals surface area contributed by atoms with Gasteiger partial charge in [0.05, 0.1) is 13.0 Å². The normalized spacial score (nSPS) is 44.0. The Morgan fingerprint density at radius 2 is 1.74 bits per heavy atom. The van der Waals surface area contributed by atoms with Crippen molar-refractivity contribution in [3.63, 3.8) is 0 Å². The van der Waals surface area contributed by atoms with Crippen LogP contribution in [0.15, 0.2) is 11.6 Å². The number of carbonyl (C=O) groups is 3. The molecule has 0 aliphatic heterocycles. The van der Waals surface area contributed by atoms with Crippen LogP contribution in [0.25, 0.3) is 0 Å². The Kier molecular flexibility index (Phi) is 6.41. The molecule has 1 unspecified atom stereocenters. The molecular weight excluding hydrogens is 436 g/mol. The number of rotatable bonds is 4. The maximum atomic E-state index is 12.6. The van der Waals surface area contributed by atoms with Gasteiger partial charge >= 0.3 is 17.9 Å². The minimum absolute atomic E-state index is 0.0342. The van der Waals surface area contributed by atoms with Gasteiger partial charge < -0.3 is 19.3 Å². The maximum absolute atomic E-state index is 12.6. The van der Waals surface area contributed by atoms with Crippen LogP contribution in [0.4, 0.5) is 0 Å². The number of aliphatic hydroxyl groups is 1. The van der Waals surface area contributed by atoms with E-state index in [4.69, 9.17) is 14.2 Å². The third kappa shape index (κ3) is 3.61. The Morgan fingerprint density at radius 1 is 1.06 bits per heavy atom. The molecule has 4 aliphatic carbocycles. The summed E-state index contributed by atoms with van der Waals surface area (Å²) in [7, 11) is 1.33. The highest BCUT2D eigenvalue weighted by Crippen LogP contribution is 2.68. The summed E-state index contributed by atoms with van der Waals surface area (Å²) in [6.07, 6.45) is 7.29. The average Bonchev–Trinajstić information content (AvgIpc) is 3.00. The molecule has 7 nitrogen and oxygen atoms in total. The van der Waals surface area contributed by atoms with Gasteiger partial charge in [0.1, 0.15) is 17.8 Å². The average molecular weight is 477 g/mol. The van der Waals surface area contributed by atoms with Crippen LogP contribution in [0.1, 0.15) is 79.6 Å². The van der Waals surface area contributed by atoms with Crippen molar-refractivity contribution in [2.45, 2.75) is 97.4 Å². The molecule has 0 saturated heterocycles. The summed E-state index contributed by atoms with van der Waals surface area (Å²) < 4.78 is 16.3. The monoisotopic (exact) mass is 476 g/mol. The van der Waals surface area contributed by atoms with Gasteiger partial charge in [-0.05, 0) is 68.6 Å². The fourth-order valence-corrected chi connectivity index (χ4v) is 8.46. The van der Waals surface area contributed by atoms with Crippen LogP contribution < -0.4 is 0 Å². The van der Waals surface area contributed by atoms with Crippen LogP contribution in [0.5, 0.6) is 0 Å². The molecule has 0 bridgehead atoms. The first-order chi connectivity index (χ1) is 15.9. The number of fused-ring (bicyclic) bond motifs is 5. The second-order valence-corrected chi connectivity index (χ2v) is 11.6. The molecule has 34 heavy (non-hydrogen) atoms. The Balaban J connectivity index is 1.68. The summed E-state index contributed by atoms with van der Waals surface area (Å²) in [5.74, 6) is -1.07. The fourth-order valence-electron chi connectivity index (χ4n) is 8.46. The van der Waals surface area contributed by atoms with Crippen molar-refractivity contribution in [1.29, 1.82) is 0 Å². The van der Waals surface area contributed by atoms with Gasteiger partial charge in [0.25, 0.3) is 0 Å². The molecule has 4 rings (SSSR count). The number of hydrogen-bond acceptors (Lipinski definition) is 7. The summed E-state index contributed by atoms with van der Waals surface area (Å²) in [5.41, 5.74) is -0.632. The summed E-state index contributed by atoms with van der Waals surface area (Å²) in [6.45, 7) is 8.95. The number of methoxy groups -OCH3 is 1. The Bertz CT molecular complexity index is 895. The van der Waals surface area contributed by atoms with E-state index in [0.29, 0.717) is 18.3 Å². The number of allylic oxidation sites excluding steroid dienone is 1. The Labute approximate surface area is 202 Å². The van der Waals surface area contributed by atoms with Gasteiger partial charge in [-0.15, -0.1) is 0 Å². The van der Waals surface area contributed by atoms with Crippen LogP contribution in [0, 0.1) is 34.5 Å². The van der Waals surface area contributed by atoms with Crippen LogP contribution in [-0.4, -0.2) is 47.9 Å². The third-order valence-corrected chi connectivity index (χ3v) is 10.2. The van der Waals surface area contributed by atoms with E-state index >= 15 is 0 Å². The number of esters is 3. The van der Waals surface area contributed by atoms with Gasteiger partial charge in [-0.25, -0.2) is 0 Å². The lowest BCUT2D eigenvalue weighted by atomic mass is 9.46. The summed E-state index contributed by atoms with van der Waals surface area (Å²) in [5, 5.41) is 12.2. The summed E-state index contributed by atoms with van der Waals surface area (Å²) in [4.78, 5) is 36.1. The van der Waals surface area contributed by atoms with Gasteiger partial charge in [-0.1, -0.05) is 25.5 Å². The zero-order valence-corrected chi connectivity index (χ0v) is 21.4. The van der Waals surface area contributed by atoms with E-state index in [0.717, 1.165) is 38.5 Å². The topological polar surface area (TPSA) is 99.1 Å². The molecule has 3 saturated carbocycles. The third-order valence-electron chi connectivity index (χ3n) is 10.2. The van der Waals surface area contributed by atoms with E-state index in [-0.39, 0.29) is 23.4 Å². The zero-order valence-electron chi connectivity index (χ0n) is 21.4. The SMILES string of the molecule is COC(=O)C(C)[C@]1(O)[C@@H](OC(C)=O)C[C@H]2[C@@H]3CC=C4C[C@@H](OC(C)=O)CC[C@]4(C)[C@H]3CC[C@@]21C. The predicted molar refractivity (Wildman–Crippen MR) is 124 cm³/mol. The predicted octanol–water partition coefficient (Wildman–Crippen LogP) is 3.96. The zero-order chi connectivity index (χ0) is 25.1. The lowest BCUT2D eigenvalue weighted by Crippen LogP contribution is -2.61. The second kappa shape index (κ2) is 8.65. The van der Waals surface area contributed by atoms with E-state index in [1.54, 1.807) is 6.92 Å². The van der Waals surface area contributed by atoms with Gasteiger partial charge in [0.15, 0.2) is 0 Å². The van der Waals surface area contributed by atoms with Crippen LogP contribution >= 0.6 is 0 Å². The van der Waals surface area contributed by atoms with Gasteiger partial charge in [-0.3, -0.25) is 14.4 Å². The van der Waals surface area contributed by atoms with Crippen molar-refractivity contribution in [2.75, 3.05) is 7.11 Å². The van der Waals surface area contributed by atoms with Crippen molar-refractivity contribution in [1.82, 2.24) is 0 Å². The first-order valence-electron chi connectivity index (χ1n) is 12.7. The highest BCUT2D eigenvalue weighted by molar-refractivity contribution is 5.74. The second-order valence-electron chi connectivity index (χ2n) is 11.6. The quantitative estimate of drug-likeness (QED) is 0.372. The molecule has 0 aromatic carbocycles. The van der Waals surface area contributed by atoms with Gasteiger partial charge in [-0.2, -0.15) is 0 Å². The molecule has 0 spiro atoms. The number of carbonyl (C=O) groups excluding carboxylic acids is 3. The minimum Gasteiger partial charge on any atom is -0.469 e. The maximum Gasteiger partial charge on any atom is 0.311 e. The van der Waals surface area contributed by atoms with E-state index in [1.165, 1.54) is 26.5 Å². The van der Waals surface area contributed by atoms with E-state index in [9.17, 15) is 19.5 Å². The molecule has 3 fully saturated rings. The standard InChI is InChI=1S/C27H40O7/c1-15(24(30)32-6)27(31)23(34-17(3)29)14-22-20-8-7-18-13-19(33-16(2)28)9-11-25(18,4)21(20)10-12-26(22,27)5/h7,15,19-23,31H,8-14H2,1-6H3/t15?,19-,20+,21-,22-,23-,25-,26-,27-/m0/s1. The first-order valence-corrected chi connectivity index (χ1v) is 12.7. The van der Waals surface area contributed by atoms with Crippen LogP contribution in [0.3, 0.4) is 0 Å². The fraction of sp³-hybridized carbons (Fsp3) is 0.815. The molecule has 4 aliphatic rings. The number of ether oxygens (including phenoxy) is 3. The molecule has 7 heteroatoms. The van der Waals surface area contributed by atoms with E-state index in [1.807, 2.05) is 0 Å². The summed E-state index contributed by atoms with van der Waals surface area (Å²) in [6, 6.07) is 0. The van der Waals surface area contributed by atoms with Crippen molar-refractivity contribution in [2.24, 2.45) is 34.5 Å². The van der Waals surface area contributed by atoms with Gasteiger partial charge in [0, 0.05) is 25.7 Å². The smallest absolute Gasteiger partial charge is 0.311 e. The molecule has 0 aromatic rings. The first kappa shape index (κ1) is 25.2. The summed E-state index contributed by atoms with van der Waals surface area (Å²) >= 11 is 0. The molecular formula is C27H40O7. The molecule has 0 radical (unpaired) electrons. The van der Waals surface area contributed by atoms with Crippen molar-refractivity contribution >= 4 is 17.9 Å². The lowest BCUT2D eigenvalue weighted by molar-refractivity contribution is -0.205. The molecule has 0 aromatic heterocycles. The minimum atomic E-state index is -1.49. The Hall–Kier alpha value is -1.89.